The molecule has 0 saturated carbocycles. The van der Waals surface area contributed by atoms with E-state index in [9.17, 15) is 13.2 Å². The molecule has 0 aliphatic carbocycles. The van der Waals surface area contributed by atoms with Crippen LogP contribution in [0.5, 0.6) is 0 Å². The van der Waals surface area contributed by atoms with Gasteiger partial charge in [-0.2, -0.15) is 4.31 Å². The number of piperidine rings is 1. The second kappa shape index (κ2) is 7.82. The Morgan fingerprint density at radius 3 is 2.48 bits per heavy atom. The van der Waals surface area contributed by atoms with Crippen molar-refractivity contribution in [2.75, 3.05) is 46.4 Å². The lowest BCUT2D eigenvalue weighted by atomic mass is 10.0. The molecule has 2 aliphatic rings. The number of ether oxygens (including phenoxy) is 1. The molecule has 1 atom stereocenters. The van der Waals surface area contributed by atoms with Crippen molar-refractivity contribution < 1.29 is 17.9 Å². The van der Waals surface area contributed by atoms with Crippen molar-refractivity contribution in [1.82, 2.24) is 14.5 Å². The van der Waals surface area contributed by atoms with Gasteiger partial charge in [-0.05, 0) is 44.2 Å². The van der Waals surface area contributed by atoms with Crippen LogP contribution in [0.1, 0.15) is 23.2 Å². The summed E-state index contributed by atoms with van der Waals surface area (Å²) in [7, 11) is -1.62. The van der Waals surface area contributed by atoms with Gasteiger partial charge < -0.3 is 15.0 Å². The number of sulfonamides is 1. The fraction of sp³-hybridized carbons (Fsp3) is 0.588. The number of carbonyl (C=O) groups excluding carboxylic acids is 1. The van der Waals surface area contributed by atoms with Gasteiger partial charge in [0.05, 0.1) is 18.1 Å². The number of nitrogens with zero attached hydrogens (tertiary/aromatic N) is 2. The zero-order chi connectivity index (χ0) is 17.9. The number of amides is 1. The lowest BCUT2D eigenvalue weighted by Crippen LogP contribution is -2.46. The third-order valence-corrected chi connectivity index (χ3v) is 6.74. The van der Waals surface area contributed by atoms with Crippen molar-refractivity contribution in [3.8, 4) is 0 Å². The lowest BCUT2D eigenvalue weighted by molar-refractivity contribution is 0.0698. The number of carbonyl (C=O) groups is 1. The number of rotatable bonds is 4. The van der Waals surface area contributed by atoms with Gasteiger partial charge in [0, 0.05) is 37.8 Å². The van der Waals surface area contributed by atoms with Crippen LogP contribution in [0.15, 0.2) is 29.2 Å². The largest absolute Gasteiger partial charge is 0.379 e. The van der Waals surface area contributed by atoms with Crippen LogP contribution in [0.4, 0.5) is 0 Å². The van der Waals surface area contributed by atoms with Crippen LogP contribution in [0, 0.1) is 0 Å². The molecular weight excluding hydrogens is 342 g/mol. The summed E-state index contributed by atoms with van der Waals surface area (Å²) in [4.78, 5) is 14.7. The molecule has 2 fully saturated rings. The van der Waals surface area contributed by atoms with Gasteiger partial charge in [0.2, 0.25) is 10.0 Å². The third-order valence-electron chi connectivity index (χ3n) is 4.83. The number of likely N-dealkylation sites (tertiary alicyclic amines) is 1. The molecule has 7 nitrogen and oxygen atoms in total. The summed E-state index contributed by atoms with van der Waals surface area (Å²) < 4.78 is 31.9. The number of nitrogens with one attached hydrogen (secondary N) is 1. The number of hydrogen-bond acceptors (Lipinski definition) is 5. The molecule has 1 aromatic carbocycles. The fourth-order valence-corrected chi connectivity index (χ4v) is 4.69. The second-order valence-electron chi connectivity index (χ2n) is 6.42. The summed E-state index contributed by atoms with van der Waals surface area (Å²) in [6.07, 6.45) is 2.04. The van der Waals surface area contributed by atoms with Crippen molar-refractivity contribution in [2.24, 2.45) is 0 Å². The van der Waals surface area contributed by atoms with Gasteiger partial charge >= 0.3 is 0 Å². The van der Waals surface area contributed by atoms with Crippen LogP contribution >= 0.6 is 0 Å². The van der Waals surface area contributed by atoms with E-state index in [-0.39, 0.29) is 10.8 Å². The Labute approximate surface area is 149 Å². The first-order chi connectivity index (χ1) is 12.0. The van der Waals surface area contributed by atoms with Crippen molar-refractivity contribution in [3.63, 3.8) is 0 Å². The second-order valence-corrected chi connectivity index (χ2v) is 8.36. The quantitative estimate of drug-likeness (QED) is 0.840. The first-order valence-electron chi connectivity index (χ1n) is 8.67. The number of morpholine rings is 1. The fourth-order valence-electron chi connectivity index (χ4n) is 3.29. The summed E-state index contributed by atoms with van der Waals surface area (Å²) in [5.74, 6) is -0.0460. The van der Waals surface area contributed by atoms with Crippen LogP contribution in [0.25, 0.3) is 0 Å². The molecule has 2 aliphatic heterocycles. The lowest BCUT2D eigenvalue weighted by Gasteiger charge is -2.32. The predicted molar refractivity (Wildman–Crippen MR) is 94.0 cm³/mol. The molecule has 1 unspecified atom stereocenters. The topological polar surface area (TPSA) is 79.0 Å². The van der Waals surface area contributed by atoms with Gasteiger partial charge in [0.1, 0.15) is 0 Å². The van der Waals surface area contributed by atoms with Crippen molar-refractivity contribution in [2.45, 2.75) is 23.8 Å². The Balaban J connectivity index is 1.72. The standard InChI is InChI=1S/C17H25N3O4S/c1-18-15-3-2-8-19(13-15)17(21)14-4-6-16(7-5-14)25(22,23)20-9-11-24-12-10-20/h4-7,15,18H,2-3,8-13H2,1H3. The van der Waals surface area contributed by atoms with Crippen LogP contribution in [-0.4, -0.2) is 76.0 Å². The van der Waals surface area contributed by atoms with Crippen molar-refractivity contribution in [1.29, 1.82) is 0 Å². The maximum Gasteiger partial charge on any atom is 0.253 e. The van der Waals surface area contributed by atoms with Gasteiger partial charge in [-0.25, -0.2) is 8.42 Å². The number of likely N-dealkylation sites (N-methyl/N-ethyl adjacent to an activating group) is 1. The van der Waals surface area contributed by atoms with E-state index in [1.54, 1.807) is 12.1 Å². The Morgan fingerprint density at radius 2 is 1.84 bits per heavy atom. The van der Waals surface area contributed by atoms with Gasteiger partial charge in [0.15, 0.2) is 0 Å². The highest BCUT2D eigenvalue weighted by molar-refractivity contribution is 7.89. The van der Waals surface area contributed by atoms with Gasteiger partial charge in [-0.1, -0.05) is 0 Å². The average Bonchev–Trinajstić information content (AvgIpc) is 2.68. The Bertz CT molecular complexity index is 699. The molecule has 1 amide bonds. The first kappa shape index (κ1) is 18.3. The SMILES string of the molecule is CNC1CCCN(C(=O)c2ccc(S(=O)(=O)N3CCOCC3)cc2)C1. The molecular formula is C17H25N3O4S. The summed E-state index contributed by atoms with van der Waals surface area (Å²) in [5, 5.41) is 3.22. The zero-order valence-corrected chi connectivity index (χ0v) is 15.3. The molecule has 8 heteroatoms. The Hall–Kier alpha value is -1.48. The molecule has 138 valence electrons. The minimum atomic E-state index is -3.52. The zero-order valence-electron chi connectivity index (χ0n) is 14.5. The highest BCUT2D eigenvalue weighted by Gasteiger charge is 2.27. The highest BCUT2D eigenvalue weighted by Crippen LogP contribution is 2.19. The normalized spacial score (nSPS) is 22.8. The van der Waals surface area contributed by atoms with E-state index in [1.165, 1.54) is 16.4 Å². The van der Waals surface area contributed by atoms with E-state index in [0.29, 0.717) is 44.5 Å². The molecule has 25 heavy (non-hydrogen) atoms. The van der Waals surface area contributed by atoms with E-state index < -0.39 is 10.0 Å². The molecule has 0 radical (unpaired) electrons. The van der Waals surface area contributed by atoms with Crippen molar-refractivity contribution >= 4 is 15.9 Å². The minimum Gasteiger partial charge on any atom is -0.379 e. The molecule has 2 saturated heterocycles. The summed E-state index contributed by atoms with van der Waals surface area (Å²) in [5.41, 5.74) is 0.526. The minimum absolute atomic E-state index is 0.0460. The predicted octanol–water partition coefficient (Wildman–Crippen LogP) is 0.532. The summed E-state index contributed by atoms with van der Waals surface area (Å²) in [6, 6.07) is 6.59. The molecule has 2 heterocycles. The third kappa shape index (κ3) is 4.03. The monoisotopic (exact) mass is 367 g/mol. The van der Waals surface area contributed by atoms with Crippen LogP contribution in [-0.2, 0) is 14.8 Å². The number of benzene rings is 1. The molecule has 1 N–H and O–H groups in total. The van der Waals surface area contributed by atoms with Gasteiger partial charge in [0.25, 0.3) is 5.91 Å². The highest BCUT2D eigenvalue weighted by atomic mass is 32.2. The molecule has 0 spiro atoms. The Kier molecular flexibility index (Phi) is 5.73. The van der Waals surface area contributed by atoms with E-state index in [0.717, 1.165) is 19.4 Å². The smallest absolute Gasteiger partial charge is 0.253 e. The van der Waals surface area contributed by atoms with Crippen LogP contribution in [0.3, 0.4) is 0 Å². The van der Waals surface area contributed by atoms with E-state index in [2.05, 4.69) is 5.32 Å². The van der Waals surface area contributed by atoms with Gasteiger partial charge in [-0.15, -0.1) is 0 Å². The van der Waals surface area contributed by atoms with Crippen LogP contribution < -0.4 is 5.32 Å². The molecule has 1 aromatic rings. The molecule has 0 bridgehead atoms. The van der Waals surface area contributed by atoms with Crippen LogP contribution in [0.2, 0.25) is 0 Å². The van der Waals surface area contributed by atoms with E-state index >= 15 is 0 Å². The van der Waals surface area contributed by atoms with E-state index in [1.807, 2.05) is 11.9 Å². The first-order valence-corrected chi connectivity index (χ1v) is 10.1. The number of hydrogen-bond donors (Lipinski definition) is 1. The molecule has 3 rings (SSSR count). The molecule has 0 aromatic heterocycles. The summed E-state index contributed by atoms with van der Waals surface area (Å²) >= 11 is 0. The maximum absolute atomic E-state index is 12.6. The Morgan fingerprint density at radius 1 is 1.16 bits per heavy atom. The van der Waals surface area contributed by atoms with Gasteiger partial charge in [-0.3, -0.25) is 4.79 Å². The van der Waals surface area contributed by atoms with Crippen molar-refractivity contribution in [3.05, 3.63) is 29.8 Å². The summed E-state index contributed by atoms with van der Waals surface area (Å²) in [6.45, 7) is 2.98. The van der Waals surface area contributed by atoms with E-state index in [4.69, 9.17) is 4.74 Å². The maximum atomic E-state index is 12.6. The average molecular weight is 367 g/mol.